The van der Waals surface area contributed by atoms with E-state index in [1.807, 2.05) is 0 Å². The Morgan fingerprint density at radius 3 is 2.48 bits per heavy atom. The summed E-state index contributed by atoms with van der Waals surface area (Å²) >= 11 is 0. The van der Waals surface area contributed by atoms with Crippen LogP contribution >= 0.6 is 0 Å². The standard InChI is InChI=1S/C19H25N3O6S/c1-29(25,26)16-9-7-15(8-10-16)19-18(14-5-3-2-4-6-14)17(20-21-19)13-27-11-12-28-22(23)24/h7-10,14H,2-6,11-13H2,1H3,(H,20,21). The molecule has 1 aromatic carbocycles. The number of nitrogens with one attached hydrogen (secondary N) is 1. The van der Waals surface area contributed by atoms with Crippen LogP contribution in [0.3, 0.4) is 0 Å². The highest BCUT2D eigenvalue weighted by Gasteiger charge is 2.25. The minimum atomic E-state index is -3.26. The number of hydrogen-bond acceptors (Lipinski definition) is 7. The zero-order valence-electron chi connectivity index (χ0n) is 16.3. The van der Waals surface area contributed by atoms with E-state index in [1.165, 1.54) is 12.7 Å². The van der Waals surface area contributed by atoms with Crippen molar-refractivity contribution in [3.63, 3.8) is 0 Å². The Hall–Kier alpha value is -2.46. The Balaban J connectivity index is 1.82. The predicted octanol–water partition coefficient (Wildman–Crippen LogP) is 3.25. The number of nitrogens with zero attached hydrogens (tertiary/aromatic N) is 2. The van der Waals surface area contributed by atoms with Crippen LogP contribution in [-0.2, 0) is 26.0 Å². The molecule has 1 N–H and O–H groups in total. The number of hydrogen-bond donors (Lipinski definition) is 1. The van der Waals surface area contributed by atoms with Crippen molar-refractivity contribution in [2.75, 3.05) is 19.5 Å². The van der Waals surface area contributed by atoms with Gasteiger partial charge in [0, 0.05) is 11.8 Å². The van der Waals surface area contributed by atoms with Gasteiger partial charge in [0.15, 0.2) is 9.84 Å². The third-order valence-corrected chi connectivity index (χ3v) is 6.26. The van der Waals surface area contributed by atoms with Gasteiger partial charge in [0.1, 0.15) is 6.61 Å². The highest BCUT2D eigenvalue weighted by molar-refractivity contribution is 7.90. The van der Waals surface area contributed by atoms with Crippen molar-refractivity contribution in [3.8, 4) is 11.3 Å². The summed E-state index contributed by atoms with van der Waals surface area (Å²) in [6, 6.07) is 6.76. The lowest BCUT2D eigenvalue weighted by Crippen LogP contribution is -2.11. The van der Waals surface area contributed by atoms with Gasteiger partial charge in [-0.1, -0.05) is 31.4 Å². The summed E-state index contributed by atoms with van der Waals surface area (Å²) in [7, 11) is -3.26. The molecule has 1 saturated carbocycles. The van der Waals surface area contributed by atoms with E-state index in [4.69, 9.17) is 4.74 Å². The average Bonchev–Trinajstić information content (AvgIpc) is 3.11. The van der Waals surface area contributed by atoms with Crippen molar-refractivity contribution in [1.82, 2.24) is 10.2 Å². The van der Waals surface area contributed by atoms with E-state index in [2.05, 4.69) is 15.0 Å². The van der Waals surface area contributed by atoms with Gasteiger partial charge < -0.3 is 9.57 Å². The fourth-order valence-electron chi connectivity index (χ4n) is 3.76. The highest BCUT2D eigenvalue weighted by atomic mass is 32.2. The molecule has 0 atom stereocenters. The molecule has 10 heteroatoms. The van der Waals surface area contributed by atoms with Gasteiger partial charge in [-0.3, -0.25) is 5.10 Å². The van der Waals surface area contributed by atoms with Crippen LogP contribution in [0.15, 0.2) is 29.2 Å². The van der Waals surface area contributed by atoms with Gasteiger partial charge in [0.25, 0.3) is 5.09 Å². The number of rotatable bonds is 9. The van der Waals surface area contributed by atoms with E-state index >= 15 is 0 Å². The number of aromatic nitrogens is 2. The molecular weight excluding hydrogens is 398 g/mol. The molecule has 0 radical (unpaired) electrons. The summed E-state index contributed by atoms with van der Waals surface area (Å²) in [6.07, 6.45) is 6.83. The molecule has 29 heavy (non-hydrogen) atoms. The number of aromatic amines is 1. The van der Waals surface area contributed by atoms with E-state index < -0.39 is 14.9 Å². The first-order valence-corrected chi connectivity index (χ1v) is 11.5. The molecule has 0 unspecified atom stereocenters. The molecule has 1 aliphatic rings. The van der Waals surface area contributed by atoms with Crippen LogP contribution in [0.25, 0.3) is 11.3 Å². The summed E-state index contributed by atoms with van der Waals surface area (Å²) in [5.74, 6) is 0.348. The van der Waals surface area contributed by atoms with Crippen LogP contribution in [0, 0.1) is 10.1 Å². The maximum absolute atomic E-state index is 11.7. The Morgan fingerprint density at radius 2 is 1.86 bits per heavy atom. The monoisotopic (exact) mass is 423 g/mol. The van der Waals surface area contributed by atoms with Crippen LogP contribution in [0.4, 0.5) is 0 Å². The molecule has 2 aromatic rings. The Bertz CT molecular complexity index is 933. The van der Waals surface area contributed by atoms with Crippen LogP contribution in [0.1, 0.15) is 49.3 Å². The van der Waals surface area contributed by atoms with E-state index in [9.17, 15) is 18.5 Å². The molecule has 0 aliphatic heterocycles. The third-order valence-electron chi connectivity index (χ3n) is 5.13. The second-order valence-electron chi connectivity index (χ2n) is 7.20. The lowest BCUT2D eigenvalue weighted by Gasteiger charge is -2.23. The molecule has 1 aromatic heterocycles. The predicted molar refractivity (Wildman–Crippen MR) is 106 cm³/mol. The van der Waals surface area contributed by atoms with Crippen LogP contribution in [-0.4, -0.2) is 43.2 Å². The van der Waals surface area contributed by atoms with Crippen molar-refractivity contribution >= 4 is 9.84 Å². The molecular formula is C19H25N3O6S. The van der Waals surface area contributed by atoms with Crippen molar-refractivity contribution in [2.45, 2.75) is 49.5 Å². The van der Waals surface area contributed by atoms with E-state index in [0.29, 0.717) is 5.92 Å². The summed E-state index contributed by atoms with van der Waals surface area (Å²) in [5, 5.41) is 16.9. The number of sulfone groups is 1. The van der Waals surface area contributed by atoms with Crippen molar-refractivity contribution in [1.29, 1.82) is 0 Å². The molecule has 0 spiro atoms. The highest BCUT2D eigenvalue weighted by Crippen LogP contribution is 2.39. The first-order chi connectivity index (χ1) is 13.9. The quantitative estimate of drug-likeness (QED) is 0.373. The number of ether oxygens (including phenoxy) is 1. The first kappa shape index (κ1) is 21.3. The largest absolute Gasteiger partial charge is 0.373 e. The fourth-order valence-corrected chi connectivity index (χ4v) is 4.39. The maximum atomic E-state index is 11.7. The zero-order valence-corrected chi connectivity index (χ0v) is 17.1. The second-order valence-corrected chi connectivity index (χ2v) is 9.22. The molecule has 1 heterocycles. The SMILES string of the molecule is CS(=O)(=O)c1ccc(-c2[nH]nc(COCCO[N+](=O)[O-])c2C2CCCCC2)cc1. The van der Waals surface area contributed by atoms with Crippen LogP contribution < -0.4 is 0 Å². The molecule has 9 nitrogen and oxygen atoms in total. The van der Waals surface area contributed by atoms with Gasteiger partial charge in [-0.25, -0.2) is 8.42 Å². The third kappa shape index (κ3) is 5.54. The van der Waals surface area contributed by atoms with Gasteiger partial charge in [-0.2, -0.15) is 5.10 Å². The van der Waals surface area contributed by atoms with Gasteiger partial charge in [-0.05, 0) is 36.5 Å². The first-order valence-electron chi connectivity index (χ1n) is 9.59. The van der Waals surface area contributed by atoms with Gasteiger partial charge >= 0.3 is 0 Å². The lowest BCUT2D eigenvalue weighted by molar-refractivity contribution is -0.758. The molecule has 0 amide bonds. The van der Waals surface area contributed by atoms with Gasteiger partial charge in [-0.15, -0.1) is 10.1 Å². The summed E-state index contributed by atoms with van der Waals surface area (Å²) in [6.45, 7) is 0.192. The Morgan fingerprint density at radius 1 is 1.17 bits per heavy atom. The molecule has 0 saturated heterocycles. The van der Waals surface area contributed by atoms with Gasteiger partial charge in [0.05, 0.1) is 29.5 Å². The van der Waals surface area contributed by atoms with Crippen molar-refractivity contribution < 1.29 is 23.1 Å². The van der Waals surface area contributed by atoms with E-state index in [1.54, 1.807) is 24.3 Å². The minimum absolute atomic E-state index is 0.0936. The van der Waals surface area contributed by atoms with E-state index in [-0.39, 0.29) is 24.7 Å². The summed E-state index contributed by atoms with van der Waals surface area (Å²) in [4.78, 5) is 14.7. The molecule has 1 fully saturated rings. The second kappa shape index (κ2) is 9.36. The van der Waals surface area contributed by atoms with Crippen LogP contribution in [0.2, 0.25) is 0 Å². The molecule has 158 valence electrons. The Kier molecular flexibility index (Phi) is 6.86. The molecule has 1 aliphatic carbocycles. The topological polar surface area (TPSA) is 124 Å². The number of H-pyrrole nitrogens is 1. The number of benzene rings is 1. The smallest absolute Gasteiger partial charge is 0.294 e. The fraction of sp³-hybridized carbons (Fsp3) is 0.526. The van der Waals surface area contributed by atoms with Crippen molar-refractivity contribution in [2.24, 2.45) is 0 Å². The minimum Gasteiger partial charge on any atom is -0.373 e. The lowest BCUT2D eigenvalue weighted by atomic mass is 9.82. The zero-order chi connectivity index (χ0) is 20.9. The average molecular weight is 423 g/mol. The Labute approximate surface area is 169 Å². The molecule has 3 rings (SSSR count). The van der Waals surface area contributed by atoms with E-state index in [0.717, 1.165) is 48.2 Å². The summed E-state index contributed by atoms with van der Waals surface area (Å²) in [5.41, 5.74) is 3.61. The maximum Gasteiger partial charge on any atom is 0.294 e. The van der Waals surface area contributed by atoms with Gasteiger partial charge in [0.2, 0.25) is 0 Å². The molecule has 0 bridgehead atoms. The summed E-state index contributed by atoms with van der Waals surface area (Å²) < 4.78 is 29.0. The normalized spacial score (nSPS) is 15.3. The van der Waals surface area contributed by atoms with Crippen LogP contribution in [0.5, 0.6) is 0 Å². The van der Waals surface area contributed by atoms with Crippen molar-refractivity contribution in [3.05, 3.63) is 45.6 Å².